The van der Waals surface area contributed by atoms with Crippen molar-refractivity contribution >= 4 is 0 Å². The molecule has 21 heavy (non-hydrogen) atoms. The predicted octanol–water partition coefficient (Wildman–Crippen LogP) is 1.31. The first kappa shape index (κ1) is 13.9. The standard InChI is InChI=1S/C15H19N3O3/c1-17(9-15-16-5-6-18(15)2)8-12(19)11-3-4-13-14(7-11)21-10-20-13/h3-7,12,19H,8-10H2,1-2H3. The van der Waals surface area contributed by atoms with E-state index in [1.54, 1.807) is 6.20 Å². The molecule has 1 aliphatic heterocycles. The van der Waals surface area contributed by atoms with Crippen molar-refractivity contribution in [3.8, 4) is 11.5 Å². The Morgan fingerprint density at radius 1 is 1.38 bits per heavy atom. The molecule has 1 atom stereocenters. The topological polar surface area (TPSA) is 59.8 Å². The summed E-state index contributed by atoms with van der Waals surface area (Å²) in [6.07, 6.45) is 3.11. The maximum Gasteiger partial charge on any atom is 0.231 e. The molecule has 6 heteroatoms. The van der Waals surface area contributed by atoms with Crippen molar-refractivity contribution in [3.05, 3.63) is 42.0 Å². The highest BCUT2D eigenvalue weighted by molar-refractivity contribution is 5.45. The number of aromatic nitrogens is 2. The first-order valence-corrected chi connectivity index (χ1v) is 6.86. The predicted molar refractivity (Wildman–Crippen MR) is 77.1 cm³/mol. The van der Waals surface area contributed by atoms with Gasteiger partial charge in [-0.05, 0) is 24.7 Å². The Labute approximate surface area is 123 Å². The lowest BCUT2D eigenvalue weighted by Crippen LogP contribution is -2.25. The zero-order chi connectivity index (χ0) is 14.8. The van der Waals surface area contributed by atoms with Gasteiger partial charge < -0.3 is 19.1 Å². The molecule has 1 aromatic heterocycles. The van der Waals surface area contributed by atoms with Crippen molar-refractivity contribution in [3.63, 3.8) is 0 Å². The summed E-state index contributed by atoms with van der Waals surface area (Å²) in [6, 6.07) is 5.54. The van der Waals surface area contributed by atoms with Gasteiger partial charge in [0.15, 0.2) is 11.5 Å². The molecule has 6 nitrogen and oxygen atoms in total. The number of aryl methyl sites for hydroxylation is 1. The lowest BCUT2D eigenvalue weighted by molar-refractivity contribution is 0.122. The molecule has 1 aromatic carbocycles. The van der Waals surface area contributed by atoms with E-state index in [2.05, 4.69) is 4.98 Å². The van der Waals surface area contributed by atoms with Gasteiger partial charge in [0, 0.05) is 26.0 Å². The van der Waals surface area contributed by atoms with E-state index in [1.807, 2.05) is 48.0 Å². The minimum Gasteiger partial charge on any atom is -0.454 e. The van der Waals surface area contributed by atoms with Crippen molar-refractivity contribution in [1.29, 1.82) is 0 Å². The number of nitrogens with zero attached hydrogens (tertiary/aromatic N) is 3. The molecule has 0 fully saturated rings. The molecular weight excluding hydrogens is 270 g/mol. The third kappa shape index (κ3) is 3.01. The fourth-order valence-corrected chi connectivity index (χ4v) is 2.38. The van der Waals surface area contributed by atoms with Gasteiger partial charge in [-0.15, -0.1) is 0 Å². The lowest BCUT2D eigenvalue weighted by atomic mass is 10.1. The van der Waals surface area contributed by atoms with E-state index in [1.165, 1.54) is 0 Å². The number of imidazole rings is 1. The number of benzene rings is 1. The molecule has 0 radical (unpaired) electrons. The number of fused-ring (bicyclic) bond motifs is 1. The fourth-order valence-electron chi connectivity index (χ4n) is 2.38. The largest absolute Gasteiger partial charge is 0.454 e. The van der Waals surface area contributed by atoms with E-state index in [0.29, 0.717) is 18.8 Å². The number of aliphatic hydroxyl groups is 1. The molecule has 0 amide bonds. The fraction of sp³-hybridized carbons (Fsp3) is 0.400. The highest BCUT2D eigenvalue weighted by Gasteiger charge is 2.18. The Balaban J connectivity index is 1.63. The first-order valence-electron chi connectivity index (χ1n) is 6.86. The van der Waals surface area contributed by atoms with Crippen molar-refractivity contribution < 1.29 is 14.6 Å². The van der Waals surface area contributed by atoms with Crippen LogP contribution in [-0.2, 0) is 13.6 Å². The number of aliphatic hydroxyl groups excluding tert-OH is 1. The molecule has 1 unspecified atom stereocenters. The Morgan fingerprint density at radius 2 is 2.19 bits per heavy atom. The summed E-state index contributed by atoms with van der Waals surface area (Å²) in [5.74, 6) is 2.39. The Bertz CT molecular complexity index is 626. The van der Waals surface area contributed by atoms with Crippen LogP contribution in [-0.4, -0.2) is 39.9 Å². The van der Waals surface area contributed by atoms with Gasteiger partial charge in [0.25, 0.3) is 0 Å². The van der Waals surface area contributed by atoms with Gasteiger partial charge in [0.1, 0.15) is 5.82 Å². The van der Waals surface area contributed by atoms with E-state index in [9.17, 15) is 5.11 Å². The Morgan fingerprint density at radius 3 is 2.95 bits per heavy atom. The summed E-state index contributed by atoms with van der Waals surface area (Å²) >= 11 is 0. The van der Waals surface area contributed by atoms with Gasteiger partial charge in [0.2, 0.25) is 6.79 Å². The third-order valence-electron chi connectivity index (χ3n) is 3.60. The molecule has 1 aliphatic rings. The molecule has 2 aromatic rings. The molecule has 2 heterocycles. The molecular formula is C15H19N3O3. The number of hydrogen-bond donors (Lipinski definition) is 1. The van der Waals surface area contributed by atoms with Crippen LogP contribution in [0, 0.1) is 0 Å². The summed E-state index contributed by atoms with van der Waals surface area (Å²) in [6.45, 7) is 1.45. The summed E-state index contributed by atoms with van der Waals surface area (Å²) in [5, 5.41) is 10.4. The minimum absolute atomic E-state index is 0.244. The van der Waals surface area contributed by atoms with Crippen LogP contribution in [0.1, 0.15) is 17.5 Å². The number of rotatable bonds is 5. The quantitative estimate of drug-likeness (QED) is 0.899. The molecule has 3 rings (SSSR count). The number of likely N-dealkylation sites (N-methyl/N-ethyl adjacent to an activating group) is 1. The summed E-state index contributed by atoms with van der Waals surface area (Å²) < 4.78 is 12.6. The van der Waals surface area contributed by atoms with Crippen LogP contribution in [0.4, 0.5) is 0 Å². The maximum absolute atomic E-state index is 10.4. The number of hydrogen-bond acceptors (Lipinski definition) is 5. The molecule has 112 valence electrons. The Hall–Kier alpha value is -2.05. The van der Waals surface area contributed by atoms with Crippen LogP contribution >= 0.6 is 0 Å². The molecule has 0 saturated carbocycles. The molecule has 0 aliphatic carbocycles. The third-order valence-corrected chi connectivity index (χ3v) is 3.60. The second kappa shape index (κ2) is 5.75. The SMILES string of the molecule is CN(Cc1nccn1C)CC(O)c1ccc2c(c1)OCO2. The molecule has 1 N–H and O–H groups in total. The van der Waals surface area contributed by atoms with Crippen molar-refractivity contribution in [2.24, 2.45) is 7.05 Å². The second-order valence-corrected chi connectivity index (χ2v) is 5.28. The monoisotopic (exact) mass is 289 g/mol. The molecule has 0 spiro atoms. The average molecular weight is 289 g/mol. The van der Waals surface area contributed by atoms with Gasteiger partial charge in [-0.3, -0.25) is 4.90 Å². The van der Waals surface area contributed by atoms with Gasteiger partial charge in [-0.2, -0.15) is 0 Å². The van der Waals surface area contributed by atoms with Crippen LogP contribution in [0.5, 0.6) is 11.5 Å². The van der Waals surface area contributed by atoms with Crippen molar-refractivity contribution in [2.75, 3.05) is 20.4 Å². The van der Waals surface area contributed by atoms with E-state index < -0.39 is 6.10 Å². The molecule has 0 saturated heterocycles. The highest BCUT2D eigenvalue weighted by Crippen LogP contribution is 2.34. The van der Waals surface area contributed by atoms with E-state index in [4.69, 9.17) is 9.47 Å². The van der Waals surface area contributed by atoms with Crippen molar-refractivity contribution in [2.45, 2.75) is 12.6 Å². The summed E-state index contributed by atoms with van der Waals surface area (Å²) in [5.41, 5.74) is 0.825. The van der Waals surface area contributed by atoms with Crippen LogP contribution in [0.3, 0.4) is 0 Å². The van der Waals surface area contributed by atoms with Gasteiger partial charge in [0.05, 0.1) is 12.6 Å². The Kier molecular flexibility index (Phi) is 3.81. The van der Waals surface area contributed by atoms with Crippen LogP contribution in [0.2, 0.25) is 0 Å². The van der Waals surface area contributed by atoms with Gasteiger partial charge >= 0.3 is 0 Å². The van der Waals surface area contributed by atoms with Crippen LogP contribution in [0.15, 0.2) is 30.6 Å². The smallest absolute Gasteiger partial charge is 0.231 e. The maximum atomic E-state index is 10.4. The minimum atomic E-state index is -0.579. The van der Waals surface area contributed by atoms with Crippen molar-refractivity contribution in [1.82, 2.24) is 14.5 Å². The summed E-state index contributed by atoms with van der Waals surface area (Å²) in [7, 11) is 3.93. The zero-order valence-corrected chi connectivity index (χ0v) is 12.2. The lowest BCUT2D eigenvalue weighted by Gasteiger charge is -2.20. The molecule has 0 bridgehead atoms. The normalized spacial score (nSPS) is 14.7. The summed E-state index contributed by atoms with van der Waals surface area (Å²) in [4.78, 5) is 6.33. The first-order chi connectivity index (χ1) is 10.1. The number of ether oxygens (including phenoxy) is 2. The van der Waals surface area contributed by atoms with E-state index >= 15 is 0 Å². The van der Waals surface area contributed by atoms with E-state index in [-0.39, 0.29) is 6.79 Å². The average Bonchev–Trinajstić information content (AvgIpc) is 3.07. The van der Waals surface area contributed by atoms with Gasteiger partial charge in [-0.1, -0.05) is 6.07 Å². The van der Waals surface area contributed by atoms with E-state index in [0.717, 1.165) is 17.1 Å². The van der Waals surface area contributed by atoms with Crippen LogP contribution in [0.25, 0.3) is 0 Å². The van der Waals surface area contributed by atoms with Crippen LogP contribution < -0.4 is 9.47 Å². The highest BCUT2D eigenvalue weighted by atomic mass is 16.7. The second-order valence-electron chi connectivity index (χ2n) is 5.28. The van der Waals surface area contributed by atoms with Gasteiger partial charge in [-0.25, -0.2) is 4.98 Å². The zero-order valence-electron chi connectivity index (χ0n) is 12.2.